The molecule has 0 aliphatic carbocycles. The molecule has 19 heavy (non-hydrogen) atoms. The lowest BCUT2D eigenvalue weighted by atomic mass is 9.91. The lowest BCUT2D eigenvalue weighted by molar-refractivity contribution is 0.172. The van der Waals surface area contributed by atoms with Gasteiger partial charge in [0.15, 0.2) is 0 Å². The third-order valence-corrected chi connectivity index (χ3v) is 4.75. The summed E-state index contributed by atoms with van der Waals surface area (Å²) in [6.45, 7) is 8.07. The molecule has 0 amide bonds. The summed E-state index contributed by atoms with van der Waals surface area (Å²) < 4.78 is 0. The second-order valence-corrected chi connectivity index (χ2v) is 6.17. The fraction of sp³-hybridized carbons (Fsp3) is 0.600. The number of hydrogen-bond acceptors (Lipinski definition) is 2. The van der Waals surface area contributed by atoms with Crippen LogP contribution >= 0.6 is 23.2 Å². The highest BCUT2D eigenvalue weighted by molar-refractivity contribution is 6.42. The van der Waals surface area contributed by atoms with Crippen LogP contribution in [0.5, 0.6) is 0 Å². The molecule has 1 N–H and O–H groups in total. The summed E-state index contributed by atoms with van der Waals surface area (Å²) in [6.07, 6.45) is 2.60. The molecule has 0 spiro atoms. The molecule has 1 saturated heterocycles. The summed E-state index contributed by atoms with van der Waals surface area (Å²) in [5.41, 5.74) is 1.05. The average molecular weight is 301 g/mol. The molecular formula is C15H22Cl2N2. The number of likely N-dealkylation sites (tertiary alicyclic amines) is 1. The van der Waals surface area contributed by atoms with E-state index >= 15 is 0 Å². The van der Waals surface area contributed by atoms with Crippen molar-refractivity contribution in [1.82, 2.24) is 4.90 Å². The normalized spacial score (nSPS) is 22.2. The molecule has 2 nitrogen and oxygen atoms in total. The summed E-state index contributed by atoms with van der Waals surface area (Å²) in [6, 6.07) is 6.19. The number of hydrogen-bond donors (Lipinski definition) is 1. The van der Waals surface area contributed by atoms with Crippen LogP contribution in [0.3, 0.4) is 0 Å². The Bertz CT molecular complexity index is 423. The Labute approximate surface area is 126 Å². The molecule has 1 aromatic rings. The molecule has 1 heterocycles. The molecule has 1 fully saturated rings. The van der Waals surface area contributed by atoms with Gasteiger partial charge in [0.25, 0.3) is 0 Å². The number of halogens is 2. The molecular weight excluding hydrogens is 279 g/mol. The zero-order chi connectivity index (χ0) is 13.8. The van der Waals surface area contributed by atoms with E-state index in [0.717, 1.165) is 12.2 Å². The molecule has 0 bridgehead atoms. The van der Waals surface area contributed by atoms with E-state index < -0.39 is 0 Å². The molecule has 106 valence electrons. The van der Waals surface area contributed by atoms with Gasteiger partial charge in [0.05, 0.1) is 10.0 Å². The van der Waals surface area contributed by atoms with Crippen LogP contribution in [0, 0.1) is 5.92 Å². The standard InChI is InChI=1S/C15H22Cl2N2/c1-3-19-8-4-5-12(10-19)11(2)18-13-6-7-14(16)15(17)9-13/h6-7,9,11-12,18H,3-5,8,10H2,1-2H3. The molecule has 1 aliphatic heterocycles. The molecule has 1 aromatic carbocycles. The first kappa shape index (κ1) is 15.0. The average Bonchev–Trinajstić information content (AvgIpc) is 2.43. The maximum absolute atomic E-state index is 6.05. The van der Waals surface area contributed by atoms with Crippen molar-refractivity contribution in [3.8, 4) is 0 Å². The first-order valence-corrected chi connectivity index (χ1v) is 7.79. The molecule has 2 unspecified atom stereocenters. The summed E-state index contributed by atoms with van der Waals surface area (Å²) in [5, 5.41) is 4.77. The van der Waals surface area contributed by atoms with Gasteiger partial charge in [-0.05, 0) is 57.0 Å². The van der Waals surface area contributed by atoms with Crippen molar-refractivity contribution in [3.05, 3.63) is 28.2 Å². The van der Waals surface area contributed by atoms with Gasteiger partial charge in [0.2, 0.25) is 0 Å². The van der Waals surface area contributed by atoms with Crippen molar-refractivity contribution in [3.63, 3.8) is 0 Å². The fourth-order valence-electron chi connectivity index (χ4n) is 2.75. The van der Waals surface area contributed by atoms with Gasteiger partial charge in [-0.25, -0.2) is 0 Å². The van der Waals surface area contributed by atoms with Gasteiger partial charge in [-0.2, -0.15) is 0 Å². The van der Waals surface area contributed by atoms with E-state index in [9.17, 15) is 0 Å². The van der Waals surface area contributed by atoms with Crippen molar-refractivity contribution in [2.45, 2.75) is 32.7 Å². The van der Waals surface area contributed by atoms with Crippen molar-refractivity contribution in [1.29, 1.82) is 0 Å². The van der Waals surface area contributed by atoms with Crippen molar-refractivity contribution in [2.24, 2.45) is 5.92 Å². The Morgan fingerprint density at radius 2 is 2.16 bits per heavy atom. The largest absolute Gasteiger partial charge is 0.382 e. The molecule has 0 saturated carbocycles. The molecule has 2 atom stereocenters. The van der Waals surface area contributed by atoms with Crippen LogP contribution in [-0.4, -0.2) is 30.6 Å². The van der Waals surface area contributed by atoms with Crippen LogP contribution in [-0.2, 0) is 0 Å². The van der Waals surface area contributed by atoms with Crippen molar-refractivity contribution >= 4 is 28.9 Å². The van der Waals surface area contributed by atoms with E-state index in [2.05, 4.69) is 24.1 Å². The molecule has 0 radical (unpaired) electrons. The number of nitrogens with zero attached hydrogens (tertiary/aromatic N) is 1. The van der Waals surface area contributed by atoms with Crippen LogP contribution in [0.4, 0.5) is 5.69 Å². The van der Waals surface area contributed by atoms with Crippen LogP contribution in [0.1, 0.15) is 26.7 Å². The second kappa shape index (κ2) is 6.83. The smallest absolute Gasteiger partial charge is 0.0612 e. The topological polar surface area (TPSA) is 15.3 Å². The Balaban J connectivity index is 1.96. The van der Waals surface area contributed by atoms with E-state index in [0.29, 0.717) is 22.0 Å². The minimum Gasteiger partial charge on any atom is -0.382 e. The van der Waals surface area contributed by atoms with Crippen LogP contribution in [0.2, 0.25) is 10.0 Å². The van der Waals surface area contributed by atoms with Gasteiger partial charge < -0.3 is 10.2 Å². The van der Waals surface area contributed by atoms with Gasteiger partial charge in [-0.3, -0.25) is 0 Å². The van der Waals surface area contributed by atoms with Crippen molar-refractivity contribution < 1.29 is 0 Å². The van der Waals surface area contributed by atoms with Gasteiger partial charge in [0, 0.05) is 18.3 Å². The maximum atomic E-state index is 6.05. The van der Waals surface area contributed by atoms with Gasteiger partial charge in [-0.1, -0.05) is 30.1 Å². The SMILES string of the molecule is CCN1CCCC(C(C)Nc2ccc(Cl)c(Cl)c2)C1. The molecule has 0 aromatic heterocycles. The fourth-order valence-corrected chi connectivity index (χ4v) is 3.05. The van der Waals surface area contributed by atoms with Crippen molar-refractivity contribution in [2.75, 3.05) is 25.0 Å². The zero-order valence-corrected chi connectivity index (χ0v) is 13.1. The number of anilines is 1. The Hall–Kier alpha value is -0.440. The third kappa shape index (κ3) is 4.01. The monoisotopic (exact) mass is 300 g/mol. The molecule has 4 heteroatoms. The van der Waals surface area contributed by atoms with E-state index in [-0.39, 0.29) is 0 Å². The molecule has 2 rings (SSSR count). The van der Waals surface area contributed by atoms with Gasteiger partial charge in [0.1, 0.15) is 0 Å². The van der Waals surface area contributed by atoms with E-state index in [4.69, 9.17) is 23.2 Å². The number of nitrogens with one attached hydrogen (secondary N) is 1. The summed E-state index contributed by atoms with van der Waals surface area (Å²) in [4.78, 5) is 2.53. The highest BCUT2D eigenvalue weighted by Crippen LogP contribution is 2.27. The van der Waals surface area contributed by atoms with Gasteiger partial charge in [-0.15, -0.1) is 0 Å². The Morgan fingerprint density at radius 3 is 2.84 bits per heavy atom. The minimum absolute atomic E-state index is 0.451. The second-order valence-electron chi connectivity index (χ2n) is 5.36. The highest BCUT2D eigenvalue weighted by atomic mass is 35.5. The highest BCUT2D eigenvalue weighted by Gasteiger charge is 2.23. The first-order chi connectivity index (χ1) is 9.10. The van der Waals surface area contributed by atoms with E-state index in [1.807, 2.05) is 18.2 Å². The summed E-state index contributed by atoms with van der Waals surface area (Å²) >= 11 is 12.0. The maximum Gasteiger partial charge on any atom is 0.0612 e. The molecule has 1 aliphatic rings. The minimum atomic E-state index is 0.451. The zero-order valence-electron chi connectivity index (χ0n) is 11.6. The van der Waals surface area contributed by atoms with Crippen LogP contribution in [0.15, 0.2) is 18.2 Å². The number of piperidine rings is 1. The van der Waals surface area contributed by atoms with Gasteiger partial charge >= 0.3 is 0 Å². The van der Waals surface area contributed by atoms with Crippen LogP contribution in [0.25, 0.3) is 0 Å². The number of benzene rings is 1. The van der Waals surface area contributed by atoms with E-state index in [1.165, 1.54) is 25.9 Å². The van der Waals surface area contributed by atoms with E-state index in [1.54, 1.807) is 0 Å². The lowest BCUT2D eigenvalue weighted by Gasteiger charge is -2.35. The number of rotatable bonds is 4. The quantitative estimate of drug-likeness (QED) is 0.879. The predicted molar refractivity (Wildman–Crippen MR) is 84.4 cm³/mol. The summed E-state index contributed by atoms with van der Waals surface area (Å²) in [5.74, 6) is 0.697. The van der Waals surface area contributed by atoms with Crippen LogP contribution < -0.4 is 5.32 Å². The predicted octanol–water partition coefficient (Wildman–Crippen LogP) is 4.53. The Morgan fingerprint density at radius 1 is 1.37 bits per heavy atom. The third-order valence-electron chi connectivity index (χ3n) is 4.01. The first-order valence-electron chi connectivity index (χ1n) is 7.04. The lowest BCUT2D eigenvalue weighted by Crippen LogP contribution is -2.41. The summed E-state index contributed by atoms with van der Waals surface area (Å²) in [7, 11) is 0. The Kier molecular flexibility index (Phi) is 5.37.